The summed E-state index contributed by atoms with van der Waals surface area (Å²) in [5.74, 6) is 1.37. The van der Waals surface area contributed by atoms with Gasteiger partial charge in [0.2, 0.25) is 0 Å². The van der Waals surface area contributed by atoms with Crippen LogP contribution in [0.25, 0.3) is 21.5 Å². The topological polar surface area (TPSA) is 29.5 Å². The maximum atomic E-state index is 9.94. The molecular formula is C29H34O2. The molecule has 162 valence electrons. The Kier molecular flexibility index (Phi) is 6.31. The summed E-state index contributed by atoms with van der Waals surface area (Å²) >= 11 is 0. The molecule has 0 amide bonds. The van der Waals surface area contributed by atoms with Crippen molar-refractivity contribution in [2.45, 2.75) is 52.4 Å². The zero-order valence-electron chi connectivity index (χ0n) is 19.8. The van der Waals surface area contributed by atoms with Crippen molar-refractivity contribution in [3.63, 3.8) is 0 Å². The summed E-state index contributed by atoms with van der Waals surface area (Å²) in [5.41, 5.74) is 2.37. The van der Waals surface area contributed by atoms with E-state index in [0.29, 0.717) is 5.75 Å². The highest BCUT2D eigenvalue weighted by molar-refractivity contribution is 5.89. The van der Waals surface area contributed by atoms with E-state index < -0.39 is 0 Å². The van der Waals surface area contributed by atoms with Gasteiger partial charge in [0.15, 0.2) is 0 Å². The minimum atomic E-state index is -0.0368. The second-order valence-electron chi connectivity index (χ2n) is 10.0. The number of rotatable bonds is 1. The summed E-state index contributed by atoms with van der Waals surface area (Å²) in [6.07, 6.45) is 0. The molecule has 0 unspecified atom stereocenters. The van der Waals surface area contributed by atoms with Crippen LogP contribution >= 0.6 is 0 Å². The molecule has 0 saturated carbocycles. The SMILES string of the molecule is CC(C)(C)c1c(O)ccc2ccccc12.COc1ccc2ccccc2c1C(C)(C)C. The van der Waals surface area contributed by atoms with Crippen LogP contribution in [0.3, 0.4) is 0 Å². The lowest BCUT2D eigenvalue weighted by Gasteiger charge is -2.24. The first-order valence-corrected chi connectivity index (χ1v) is 10.8. The van der Waals surface area contributed by atoms with E-state index in [9.17, 15) is 5.11 Å². The summed E-state index contributed by atoms with van der Waals surface area (Å²) in [6, 6.07) is 24.5. The maximum Gasteiger partial charge on any atom is 0.123 e. The number of ether oxygens (including phenoxy) is 1. The van der Waals surface area contributed by atoms with E-state index in [0.717, 1.165) is 16.7 Å². The Bertz CT molecular complexity index is 1190. The molecule has 0 saturated heterocycles. The van der Waals surface area contributed by atoms with Gasteiger partial charge in [-0.1, -0.05) is 102 Å². The fourth-order valence-corrected chi connectivity index (χ4v) is 4.24. The van der Waals surface area contributed by atoms with Crippen LogP contribution in [0.4, 0.5) is 0 Å². The zero-order valence-corrected chi connectivity index (χ0v) is 19.8. The molecule has 31 heavy (non-hydrogen) atoms. The first-order chi connectivity index (χ1) is 14.5. The highest BCUT2D eigenvalue weighted by Gasteiger charge is 2.22. The highest BCUT2D eigenvalue weighted by Crippen LogP contribution is 2.38. The third-order valence-corrected chi connectivity index (χ3v) is 5.52. The lowest BCUT2D eigenvalue weighted by Crippen LogP contribution is -2.13. The average Bonchev–Trinajstić information content (AvgIpc) is 2.71. The summed E-state index contributed by atoms with van der Waals surface area (Å²) in [5, 5.41) is 14.8. The van der Waals surface area contributed by atoms with Gasteiger partial charge in [0.1, 0.15) is 11.5 Å². The van der Waals surface area contributed by atoms with Gasteiger partial charge in [-0.2, -0.15) is 0 Å². The fourth-order valence-electron chi connectivity index (χ4n) is 4.24. The predicted molar refractivity (Wildman–Crippen MR) is 134 cm³/mol. The molecule has 0 radical (unpaired) electrons. The lowest BCUT2D eigenvalue weighted by molar-refractivity contribution is 0.399. The number of hydrogen-bond acceptors (Lipinski definition) is 2. The molecule has 0 atom stereocenters. The van der Waals surface area contributed by atoms with Crippen LogP contribution in [-0.2, 0) is 10.8 Å². The number of methoxy groups -OCH3 is 1. The number of phenolic OH excluding ortho intramolecular Hbond substituents is 1. The van der Waals surface area contributed by atoms with Crippen molar-refractivity contribution in [3.05, 3.63) is 83.9 Å². The zero-order chi connectivity index (χ0) is 22.8. The molecule has 4 rings (SSSR count). The van der Waals surface area contributed by atoms with Crippen molar-refractivity contribution in [2.24, 2.45) is 0 Å². The smallest absolute Gasteiger partial charge is 0.123 e. The first kappa shape index (κ1) is 22.7. The second-order valence-corrected chi connectivity index (χ2v) is 10.0. The number of aromatic hydroxyl groups is 1. The number of hydrogen-bond donors (Lipinski definition) is 1. The molecule has 0 bridgehead atoms. The standard InChI is InChI=1S/C15H18O.C14H16O/c1-15(2,3)14-12-8-6-5-7-11(12)9-10-13(14)16-4;1-14(2,3)13-11-7-5-4-6-10(11)8-9-12(13)15/h5-10H,1-4H3;4-9,15H,1-3H3. The monoisotopic (exact) mass is 414 g/mol. The van der Waals surface area contributed by atoms with Crippen molar-refractivity contribution >= 4 is 21.5 Å². The summed E-state index contributed by atoms with van der Waals surface area (Å²) in [4.78, 5) is 0. The predicted octanol–water partition coefficient (Wildman–Crippen LogP) is 7.99. The van der Waals surface area contributed by atoms with E-state index >= 15 is 0 Å². The number of benzene rings is 4. The summed E-state index contributed by atoms with van der Waals surface area (Å²) < 4.78 is 5.48. The van der Waals surface area contributed by atoms with Crippen LogP contribution in [-0.4, -0.2) is 12.2 Å². The van der Waals surface area contributed by atoms with E-state index in [2.05, 4.69) is 90.1 Å². The molecule has 2 nitrogen and oxygen atoms in total. The molecule has 0 aliphatic rings. The molecule has 0 aliphatic carbocycles. The Morgan fingerprint density at radius 3 is 1.52 bits per heavy atom. The largest absolute Gasteiger partial charge is 0.508 e. The van der Waals surface area contributed by atoms with Crippen molar-refractivity contribution in [2.75, 3.05) is 7.11 Å². The fraction of sp³-hybridized carbons (Fsp3) is 0.310. The van der Waals surface area contributed by atoms with E-state index in [1.165, 1.54) is 21.7 Å². The van der Waals surface area contributed by atoms with Gasteiger partial charge in [-0.3, -0.25) is 0 Å². The van der Waals surface area contributed by atoms with Crippen molar-refractivity contribution in [3.8, 4) is 11.5 Å². The second kappa shape index (κ2) is 8.63. The normalized spacial score (nSPS) is 11.8. The number of phenols is 1. The van der Waals surface area contributed by atoms with Gasteiger partial charge in [-0.15, -0.1) is 0 Å². The number of fused-ring (bicyclic) bond motifs is 2. The van der Waals surface area contributed by atoms with Gasteiger partial charge in [0.25, 0.3) is 0 Å². The van der Waals surface area contributed by atoms with Crippen molar-refractivity contribution in [1.82, 2.24) is 0 Å². The van der Waals surface area contributed by atoms with Crippen LogP contribution in [0.2, 0.25) is 0 Å². The molecule has 1 N–H and O–H groups in total. The van der Waals surface area contributed by atoms with Crippen LogP contribution in [0.1, 0.15) is 52.7 Å². The van der Waals surface area contributed by atoms with Gasteiger partial charge in [0.05, 0.1) is 7.11 Å². The first-order valence-electron chi connectivity index (χ1n) is 10.8. The summed E-state index contributed by atoms with van der Waals surface area (Å²) in [7, 11) is 1.74. The van der Waals surface area contributed by atoms with Crippen molar-refractivity contribution < 1.29 is 9.84 Å². The molecule has 0 fully saturated rings. The average molecular weight is 415 g/mol. The van der Waals surface area contributed by atoms with Crippen LogP contribution in [0, 0.1) is 0 Å². The minimum Gasteiger partial charge on any atom is -0.508 e. The molecule has 0 aliphatic heterocycles. The Balaban J connectivity index is 0.000000176. The van der Waals surface area contributed by atoms with Gasteiger partial charge in [-0.05, 0) is 44.5 Å². The van der Waals surface area contributed by atoms with E-state index in [4.69, 9.17) is 4.74 Å². The third-order valence-electron chi connectivity index (χ3n) is 5.52. The Hall–Kier alpha value is -3.00. The van der Waals surface area contributed by atoms with Crippen LogP contribution in [0.15, 0.2) is 72.8 Å². The Labute approximate surface area is 186 Å². The minimum absolute atomic E-state index is 0.0368. The van der Waals surface area contributed by atoms with Gasteiger partial charge in [-0.25, -0.2) is 0 Å². The van der Waals surface area contributed by atoms with Gasteiger partial charge in [0, 0.05) is 11.1 Å². The van der Waals surface area contributed by atoms with Crippen molar-refractivity contribution in [1.29, 1.82) is 0 Å². The summed E-state index contributed by atoms with van der Waals surface area (Å²) in [6.45, 7) is 13.0. The van der Waals surface area contributed by atoms with E-state index in [-0.39, 0.29) is 10.8 Å². The lowest BCUT2D eigenvalue weighted by atomic mass is 9.83. The van der Waals surface area contributed by atoms with Crippen LogP contribution < -0.4 is 4.74 Å². The molecule has 0 heterocycles. The van der Waals surface area contributed by atoms with E-state index in [1.807, 2.05) is 18.2 Å². The molecule has 4 aromatic rings. The Morgan fingerprint density at radius 2 is 1.03 bits per heavy atom. The van der Waals surface area contributed by atoms with Crippen LogP contribution in [0.5, 0.6) is 11.5 Å². The Morgan fingerprint density at radius 1 is 0.581 bits per heavy atom. The third kappa shape index (κ3) is 4.85. The van der Waals surface area contributed by atoms with Gasteiger partial charge < -0.3 is 9.84 Å². The highest BCUT2D eigenvalue weighted by atomic mass is 16.5. The molecule has 2 heteroatoms. The van der Waals surface area contributed by atoms with E-state index in [1.54, 1.807) is 13.2 Å². The van der Waals surface area contributed by atoms with Gasteiger partial charge >= 0.3 is 0 Å². The quantitative estimate of drug-likeness (QED) is 0.342. The molecule has 0 spiro atoms. The molecule has 0 aromatic heterocycles. The molecule has 4 aromatic carbocycles. The molecular weight excluding hydrogens is 380 g/mol. The maximum absolute atomic E-state index is 9.94.